The molecule has 1 amide bonds. The number of carbonyl (C=O) groups excluding carboxylic acids is 1. The van der Waals surface area contributed by atoms with Crippen molar-refractivity contribution in [2.75, 3.05) is 7.11 Å². The molecule has 1 aliphatic rings. The number of amides is 1. The van der Waals surface area contributed by atoms with E-state index in [4.69, 9.17) is 14.6 Å². The number of rotatable bonds is 8. The number of aliphatic carboxylic acids is 1. The highest BCUT2D eigenvalue weighted by atomic mass is 127. The van der Waals surface area contributed by atoms with Crippen LogP contribution in [0.4, 0.5) is 0 Å². The van der Waals surface area contributed by atoms with E-state index in [1.165, 1.54) is 6.21 Å². The minimum absolute atomic E-state index is 0.265. The molecule has 0 saturated carbocycles. The van der Waals surface area contributed by atoms with Crippen LogP contribution in [0.3, 0.4) is 0 Å². The van der Waals surface area contributed by atoms with Gasteiger partial charge in [0, 0.05) is 0 Å². The minimum atomic E-state index is -1.04. The van der Waals surface area contributed by atoms with E-state index in [-0.39, 0.29) is 17.5 Å². The van der Waals surface area contributed by atoms with Crippen molar-refractivity contribution in [1.82, 2.24) is 5.32 Å². The molecule has 2 aromatic rings. The Bertz CT molecular complexity index is 997. The number of halogens is 1. The third-order valence-electron chi connectivity index (χ3n) is 3.97. The maximum Gasteiger partial charge on any atom is 0.305 e. The zero-order valence-corrected chi connectivity index (χ0v) is 18.8. The molecule has 8 nitrogen and oxygen atoms in total. The van der Waals surface area contributed by atoms with Crippen LogP contribution in [0, 0.1) is 3.57 Å². The standard InChI is InChI=1S/C20H18IN3O5S/c1-28-15-8-13(7-14(21)18(15)29-11-12-5-3-2-4-6-12)10-22-24-20-23-19(27)16(30-20)9-17(25)26/h2-8,10,16H,9,11H2,1H3,(H,25,26)(H,23,24,27). The van der Waals surface area contributed by atoms with Gasteiger partial charge in [-0.1, -0.05) is 42.1 Å². The number of benzene rings is 2. The number of hydrogen-bond acceptors (Lipinski definition) is 7. The Morgan fingerprint density at radius 2 is 2.10 bits per heavy atom. The average Bonchev–Trinajstić information content (AvgIpc) is 3.06. The highest BCUT2D eigenvalue weighted by Crippen LogP contribution is 2.34. The summed E-state index contributed by atoms with van der Waals surface area (Å²) in [7, 11) is 1.56. The highest BCUT2D eigenvalue weighted by molar-refractivity contribution is 14.1. The largest absolute Gasteiger partial charge is 0.493 e. The second kappa shape index (κ2) is 10.4. The molecular formula is C20H18IN3O5S. The van der Waals surface area contributed by atoms with Gasteiger partial charge in [-0.25, -0.2) is 0 Å². The lowest BCUT2D eigenvalue weighted by atomic mass is 10.2. The molecule has 0 bridgehead atoms. The minimum Gasteiger partial charge on any atom is -0.493 e. The molecule has 2 aromatic carbocycles. The topological polar surface area (TPSA) is 110 Å². The summed E-state index contributed by atoms with van der Waals surface area (Å²) in [5.74, 6) is -0.214. The van der Waals surface area contributed by atoms with E-state index in [9.17, 15) is 9.59 Å². The van der Waals surface area contributed by atoms with Gasteiger partial charge in [0.05, 0.1) is 23.3 Å². The van der Waals surface area contributed by atoms with Crippen LogP contribution in [-0.2, 0) is 16.2 Å². The summed E-state index contributed by atoms with van der Waals surface area (Å²) in [5, 5.41) is 18.9. The smallest absolute Gasteiger partial charge is 0.305 e. The van der Waals surface area contributed by atoms with Crippen molar-refractivity contribution < 1.29 is 24.2 Å². The van der Waals surface area contributed by atoms with E-state index < -0.39 is 11.2 Å². The number of ether oxygens (including phenoxy) is 2. The zero-order valence-electron chi connectivity index (χ0n) is 15.9. The van der Waals surface area contributed by atoms with Gasteiger partial charge >= 0.3 is 5.97 Å². The molecule has 10 heteroatoms. The molecular weight excluding hydrogens is 521 g/mol. The van der Waals surface area contributed by atoms with Crippen molar-refractivity contribution in [2.45, 2.75) is 18.3 Å². The van der Waals surface area contributed by atoms with E-state index in [1.807, 2.05) is 36.4 Å². The van der Waals surface area contributed by atoms with Crippen molar-refractivity contribution in [3.05, 3.63) is 57.2 Å². The maximum absolute atomic E-state index is 11.7. The molecule has 30 heavy (non-hydrogen) atoms. The number of carbonyl (C=O) groups is 2. The average molecular weight is 539 g/mol. The molecule has 0 spiro atoms. The quantitative estimate of drug-likeness (QED) is 0.303. The summed E-state index contributed by atoms with van der Waals surface area (Å²) < 4.78 is 12.2. The highest BCUT2D eigenvalue weighted by Gasteiger charge is 2.32. The Kier molecular flexibility index (Phi) is 7.69. The third-order valence-corrected chi connectivity index (χ3v) is 5.84. The second-order valence-corrected chi connectivity index (χ2v) is 8.51. The lowest BCUT2D eigenvalue weighted by Gasteiger charge is -2.13. The monoisotopic (exact) mass is 539 g/mol. The van der Waals surface area contributed by atoms with Crippen LogP contribution in [0.1, 0.15) is 17.5 Å². The molecule has 1 atom stereocenters. The molecule has 1 fully saturated rings. The van der Waals surface area contributed by atoms with Crippen molar-refractivity contribution in [3.8, 4) is 11.5 Å². The summed E-state index contributed by atoms with van der Waals surface area (Å²) in [4.78, 5) is 22.5. The van der Waals surface area contributed by atoms with Crippen molar-refractivity contribution >= 4 is 57.6 Å². The van der Waals surface area contributed by atoms with E-state index in [2.05, 4.69) is 38.1 Å². The first-order valence-electron chi connectivity index (χ1n) is 8.81. The van der Waals surface area contributed by atoms with Crippen LogP contribution in [0.15, 0.2) is 52.7 Å². The molecule has 3 rings (SSSR count). The lowest BCUT2D eigenvalue weighted by molar-refractivity contribution is -0.138. The van der Waals surface area contributed by atoms with Gasteiger partial charge in [-0.15, -0.1) is 5.10 Å². The van der Waals surface area contributed by atoms with Crippen LogP contribution in [-0.4, -0.2) is 40.7 Å². The first kappa shape index (κ1) is 22.1. The molecule has 1 aliphatic heterocycles. The lowest BCUT2D eigenvalue weighted by Crippen LogP contribution is -2.26. The van der Waals surface area contributed by atoms with Gasteiger partial charge < -0.3 is 19.9 Å². The second-order valence-electron chi connectivity index (χ2n) is 6.15. The summed E-state index contributed by atoms with van der Waals surface area (Å²) in [6, 6.07) is 13.5. The van der Waals surface area contributed by atoms with Crippen molar-refractivity contribution in [1.29, 1.82) is 0 Å². The summed E-state index contributed by atoms with van der Waals surface area (Å²) in [6.07, 6.45) is 1.26. The van der Waals surface area contributed by atoms with Crippen LogP contribution in [0.2, 0.25) is 0 Å². The van der Waals surface area contributed by atoms with Gasteiger partial charge in [-0.2, -0.15) is 5.10 Å². The zero-order chi connectivity index (χ0) is 21.5. The Morgan fingerprint density at radius 3 is 2.80 bits per heavy atom. The maximum atomic E-state index is 11.7. The molecule has 2 N–H and O–H groups in total. The number of methoxy groups -OCH3 is 1. The molecule has 0 aliphatic carbocycles. The van der Waals surface area contributed by atoms with Gasteiger partial charge in [-0.3, -0.25) is 9.59 Å². The fraction of sp³-hybridized carbons (Fsp3) is 0.200. The molecule has 156 valence electrons. The fourth-order valence-corrected chi connectivity index (χ4v) is 4.27. The van der Waals surface area contributed by atoms with Crippen molar-refractivity contribution in [3.63, 3.8) is 0 Å². The summed E-state index contributed by atoms with van der Waals surface area (Å²) in [5.41, 5.74) is 1.79. The number of amidine groups is 1. The Balaban J connectivity index is 1.69. The van der Waals surface area contributed by atoms with Gasteiger partial charge in [0.1, 0.15) is 11.9 Å². The first-order valence-corrected chi connectivity index (χ1v) is 10.8. The molecule has 1 saturated heterocycles. The number of carboxylic acids is 1. The Hall–Kier alpha value is -2.60. The predicted molar refractivity (Wildman–Crippen MR) is 123 cm³/mol. The summed E-state index contributed by atoms with van der Waals surface area (Å²) >= 11 is 3.21. The number of hydrogen-bond donors (Lipinski definition) is 2. The normalized spacial score (nSPS) is 17.3. The van der Waals surface area contributed by atoms with Gasteiger partial charge in [0.25, 0.3) is 0 Å². The van der Waals surface area contributed by atoms with Crippen LogP contribution in [0.25, 0.3) is 0 Å². The van der Waals surface area contributed by atoms with Crippen LogP contribution >= 0.6 is 34.4 Å². The van der Waals surface area contributed by atoms with Gasteiger partial charge in [0.15, 0.2) is 16.7 Å². The molecule has 1 unspecified atom stereocenters. The first-order chi connectivity index (χ1) is 14.5. The van der Waals surface area contributed by atoms with E-state index in [1.54, 1.807) is 13.2 Å². The number of thioether (sulfide) groups is 1. The Labute approximate surface area is 190 Å². The number of nitrogens with zero attached hydrogens (tertiary/aromatic N) is 2. The number of carboxylic acid groups (broad SMARTS) is 1. The predicted octanol–water partition coefficient (Wildman–Crippen LogP) is 3.28. The number of nitrogens with one attached hydrogen (secondary N) is 1. The SMILES string of the molecule is COc1cc(C=NN=C2NC(=O)C(CC(=O)O)S2)cc(I)c1OCc1ccccc1. The Morgan fingerprint density at radius 1 is 1.33 bits per heavy atom. The third kappa shape index (κ3) is 5.95. The van der Waals surface area contributed by atoms with E-state index in [0.29, 0.717) is 18.1 Å². The van der Waals surface area contributed by atoms with Gasteiger partial charge in [0.2, 0.25) is 5.91 Å². The van der Waals surface area contributed by atoms with E-state index >= 15 is 0 Å². The van der Waals surface area contributed by atoms with Crippen LogP contribution < -0.4 is 14.8 Å². The van der Waals surface area contributed by atoms with E-state index in [0.717, 1.165) is 26.5 Å². The summed E-state index contributed by atoms with van der Waals surface area (Å²) in [6.45, 7) is 0.419. The van der Waals surface area contributed by atoms with Crippen molar-refractivity contribution in [2.24, 2.45) is 10.2 Å². The van der Waals surface area contributed by atoms with Gasteiger partial charge in [-0.05, 0) is 45.9 Å². The van der Waals surface area contributed by atoms with Crippen LogP contribution in [0.5, 0.6) is 11.5 Å². The fourth-order valence-electron chi connectivity index (χ4n) is 2.58. The molecule has 0 radical (unpaired) electrons. The molecule has 1 heterocycles. The molecule has 0 aromatic heterocycles.